The Morgan fingerprint density at radius 2 is 2.08 bits per heavy atom. The Morgan fingerprint density at radius 3 is 2.72 bits per heavy atom. The fourth-order valence-electron chi connectivity index (χ4n) is 4.12. The molecule has 138 valence electrons. The minimum Gasteiger partial charge on any atom is -0.470 e. The summed E-state index contributed by atoms with van der Waals surface area (Å²) >= 11 is 0. The number of carbonyl (C=O) groups excluding carboxylic acids is 1. The minimum absolute atomic E-state index is 0.0666. The molecule has 3 rings (SSSR count). The Balaban J connectivity index is 1.81. The van der Waals surface area contributed by atoms with Crippen molar-refractivity contribution in [2.45, 2.75) is 72.7 Å². The molecule has 1 fully saturated rings. The van der Waals surface area contributed by atoms with Gasteiger partial charge in [0.15, 0.2) is 6.23 Å². The predicted octanol–water partition coefficient (Wildman–Crippen LogP) is 3.87. The molecule has 0 aromatic heterocycles. The Hall–Kier alpha value is -1.55. The first-order chi connectivity index (χ1) is 11.6. The third-order valence-electron chi connectivity index (χ3n) is 5.72. The molecule has 0 radical (unpaired) electrons. The number of carbonyl (C=O) groups is 1. The zero-order valence-electron chi connectivity index (χ0n) is 16.5. The SMILES string of the molecule is Cc1ccc2c(c1)CN1C(=O)C(CCNC(C)(C)C)(C(C)C)CC1O2. The van der Waals surface area contributed by atoms with E-state index in [0.29, 0.717) is 12.5 Å². The van der Waals surface area contributed by atoms with E-state index >= 15 is 0 Å². The van der Waals surface area contributed by atoms with Crippen LogP contribution in [0.2, 0.25) is 0 Å². The number of hydrogen-bond donors (Lipinski definition) is 1. The van der Waals surface area contributed by atoms with Crippen molar-refractivity contribution >= 4 is 5.91 Å². The van der Waals surface area contributed by atoms with Crippen LogP contribution in [0.5, 0.6) is 5.75 Å². The first-order valence-corrected chi connectivity index (χ1v) is 9.45. The predicted molar refractivity (Wildman–Crippen MR) is 100 cm³/mol. The number of nitrogens with zero attached hydrogens (tertiary/aromatic N) is 1. The molecular weight excluding hydrogens is 312 g/mol. The van der Waals surface area contributed by atoms with E-state index in [1.54, 1.807) is 0 Å². The third-order valence-corrected chi connectivity index (χ3v) is 5.72. The number of aryl methyl sites for hydroxylation is 1. The summed E-state index contributed by atoms with van der Waals surface area (Å²) in [6, 6.07) is 6.26. The summed E-state index contributed by atoms with van der Waals surface area (Å²) in [6.45, 7) is 14.4. The van der Waals surface area contributed by atoms with E-state index in [9.17, 15) is 4.79 Å². The Kier molecular flexibility index (Phi) is 4.61. The maximum Gasteiger partial charge on any atom is 0.232 e. The van der Waals surface area contributed by atoms with Crippen molar-refractivity contribution < 1.29 is 9.53 Å². The van der Waals surface area contributed by atoms with Crippen LogP contribution in [0.4, 0.5) is 0 Å². The van der Waals surface area contributed by atoms with Gasteiger partial charge < -0.3 is 15.0 Å². The molecule has 1 amide bonds. The van der Waals surface area contributed by atoms with E-state index in [4.69, 9.17) is 4.74 Å². The fourth-order valence-corrected chi connectivity index (χ4v) is 4.12. The molecule has 0 spiro atoms. The Morgan fingerprint density at radius 1 is 1.36 bits per heavy atom. The van der Waals surface area contributed by atoms with Crippen LogP contribution in [-0.4, -0.2) is 29.1 Å². The molecule has 4 nitrogen and oxygen atoms in total. The first kappa shape index (κ1) is 18.2. The number of amides is 1. The Bertz CT molecular complexity index is 662. The van der Waals surface area contributed by atoms with Gasteiger partial charge in [0.2, 0.25) is 5.91 Å². The lowest BCUT2D eigenvalue weighted by Crippen LogP contribution is -2.44. The first-order valence-electron chi connectivity index (χ1n) is 9.45. The van der Waals surface area contributed by atoms with Crippen molar-refractivity contribution in [2.24, 2.45) is 11.3 Å². The van der Waals surface area contributed by atoms with Crippen LogP contribution in [0.25, 0.3) is 0 Å². The summed E-state index contributed by atoms with van der Waals surface area (Å²) in [5.41, 5.74) is 2.06. The van der Waals surface area contributed by atoms with Crippen LogP contribution in [0.3, 0.4) is 0 Å². The highest BCUT2D eigenvalue weighted by molar-refractivity contribution is 5.86. The van der Waals surface area contributed by atoms with Gasteiger partial charge in [-0.15, -0.1) is 0 Å². The minimum atomic E-state index is -0.333. The average molecular weight is 344 g/mol. The lowest BCUT2D eigenvalue weighted by atomic mass is 9.73. The van der Waals surface area contributed by atoms with E-state index in [-0.39, 0.29) is 23.1 Å². The molecule has 25 heavy (non-hydrogen) atoms. The summed E-state index contributed by atoms with van der Waals surface area (Å²) in [7, 11) is 0. The van der Waals surface area contributed by atoms with Crippen LogP contribution < -0.4 is 10.1 Å². The molecule has 2 atom stereocenters. The number of rotatable bonds is 4. The zero-order chi connectivity index (χ0) is 18.4. The van der Waals surface area contributed by atoms with E-state index in [1.807, 2.05) is 11.0 Å². The zero-order valence-corrected chi connectivity index (χ0v) is 16.5. The third kappa shape index (κ3) is 3.41. The molecule has 1 saturated heterocycles. The van der Waals surface area contributed by atoms with Crippen LogP contribution in [0.15, 0.2) is 18.2 Å². The van der Waals surface area contributed by atoms with E-state index < -0.39 is 0 Å². The highest BCUT2D eigenvalue weighted by atomic mass is 16.5. The van der Waals surface area contributed by atoms with Gasteiger partial charge in [0, 0.05) is 17.5 Å². The smallest absolute Gasteiger partial charge is 0.232 e. The molecule has 1 N–H and O–H groups in total. The van der Waals surface area contributed by atoms with Crippen LogP contribution >= 0.6 is 0 Å². The summed E-state index contributed by atoms with van der Waals surface area (Å²) < 4.78 is 6.22. The van der Waals surface area contributed by atoms with Gasteiger partial charge >= 0.3 is 0 Å². The van der Waals surface area contributed by atoms with Crippen molar-refractivity contribution in [2.75, 3.05) is 6.54 Å². The molecular formula is C21H32N2O2. The molecule has 1 aromatic carbocycles. The summed E-state index contributed by atoms with van der Waals surface area (Å²) in [6.07, 6.45) is 1.51. The summed E-state index contributed by atoms with van der Waals surface area (Å²) in [4.78, 5) is 15.3. The lowest BCUT2D eigenvalue weighted by molar-refractivity contribution is -0.142. The van der Waals surface area contributed by atoms with Gasteiger partial charge in [-0.2, -0.15) is 0 Å². The summed E-state index contributed by atoms with van der Waals surface area (Å²) in [5.74, 6) is 1.49. The molecule has 0 aliphatic carbocycles. The molecule has 1 aromatic rings. The molecule has 4 heteroatoms. The largest absolute Gasteiger partial charge is 0.470 e. The second-order valence-corrected chi connectivity index (χ2v) is 9.06. The second-order valence-electron chi connectivity index (χ2n) is 9.06. The topological polar surface area (TPSA) is 41.6 Å². The molecule has 2 unspecified atom stereocenters. The normalized spacial score (nSPS) is 25.8. The van der Waals surface area contributed by atoms with Crippen LogP contribution in [0, 0.1) is 18.3 Å². The van der Waals surface area contributed by atoms with E-state index in [2.05, 4.69) is 59.0 Å². The van der Waals surface area contributed by atoms with Crippen LogP contribution in [0.1, 0.15) is 58.6 Å². The number of fused-ring (bicyclic) bond motifs is 2. The number of ether oxygens (including phenoxy) is 1. The fraction of sp³-hybridized carbons (Fsp3) is 0.667. The number of hydrogen-bond acceptors (Lipinski definition) is 3. The standard InChI is InChI=1S/C21H32N2O2/c1-14(2)21(9-10-22-20(4,5)6)12-18-23(19(21)24)13-16-11-15(3)7-8-17(16)25-18/h7-8,11,14,18,22H,9-10,12-13H2,1-6H3. The van der Waals surface area contributed by atoms with Crippen molar-refractivity contribution in [1.82, 2.24) is 10.2 Å². The average Bonchev–Trinajstić information content (AvgIpc) is 2.77. The van der Waals surface area contributed by atoms with Crippen molar-refractivity contribution in [1.29, 1.82) is 0 Å². The highest BCUT2D eigenvalue weighted by Gasteiger charge is 2.55. The van der Waals surface area contributed by atoms with Crippen molar-refractivity contribution in [3.8, 4) is 5.75 Å². The van der Waals surface area contributed by atoms with Gasteiger partial charge in [0.25, 0.3) is 0 Å². The monoisotopic (exact) mass is 344 g/mol. The molecule has 0 saturated carbocycles. The maximum atomic E-state index is 13.4. The van der Waals surface area contributed by atoms with Crippen molar-refractivity contribution in [3.05, 3.63) is 29.3 Å². The maximum absolute atomic E-state index is 13.4. The van der Waals surface area contributed by atoms with Gasteiger partial charge in [-0.1, -0.05) is 31.5 Å². The summed E-state index contributed by atoms with van der Waals surface area (Å²) in [5, 5.41) is 3.54. The van der Waals surface area contributed by atoms with E-state index in [0.717, 1.165) is 30.7 Å². The van der Waals surface area contributed by atoms with Gasteiger partial charge in [-0.3, -0.25) is 4.79 Å². The van der Waals surface area contributed by atoms with Gasteiger partial charge in [-0.05, 0) is 52.6 Å². The lowest BCUT2D eigenvalue weighted by Gasteiger charge is -2.33. The highest BCUT2D eigenvalue weighted by Crippen LogP contribution is 2.48. The Labute approximate surface area is 151 Å². The second kappa shape index (κ2) is 6.31. The molecule has 2 aliphatic rings. The van der Waals surface area contributed by atoms with Gasteiger partial charge in [-0.25, -0.2) is 0 Å². The molecule has 0 bridgehead atoms. The quantitative estimate of drug-likeness (QED) is 0.901. The van der Waals surface area contributed by atoms with Crippen LogP contribution in [-0.2, 0) is 11.3 Å². The van der Waals surface area contributed by atoms with Gasteiger partial charge in [0.05, 0.1) is 12.0 Å². The number of benzene rings is 1. The van der Waals surface area contributed by atoms with E-state index in [1.165, 1.54) is 5.56 Å². The van der Waals surface area contributed by atoms with Crippen molar-refractivity contribution in [3.63, 3.8) is 0 Å². The van der Waals surface area contributed by atoms with Gasteiger partial charge in [0.1, 0.15) is 5.75 Å². The number of nitrogens with one attached hydrogen (secondary N) is 1. The molecule has 2 heterocycles. The molecule has 2 aliphatic heterocycles.